The lowest BCUT2D eigenvalue weighted by Crippen LogP contribution is -2.24. The summed E-state index contributed by atoms with van der Waals surface area (Å²) in [5.74, 6) is 0.479. The molecule has 8 heteroatoms. The number of amides is 1. The van der Waals surface area contributed by atoms with E-state index in [1.165, 1.54) is 0 Å². The van der Waals surface area contributed by atoms with Gasteiger partial charge in [0.2, 0.25) is 5.91 Å². The van der Waals surface area contributed by atoms with E-state index in [1.807, 2.05) is 13.0 Å². The number of benzene rings is 1. The summed E-state index contributed by atoms with van der Waals surface area (Å²) in [6.07, 6.45) is 0.465. The van der Waals surface area contributed by atoms with Crippen LogP contribution >= 0.6 is 11.8 Å². The van der Waals surface area contributed by atoms with Crippen molar-refractivity contribution in [3.05, 3.63) is 45.9 Å². The number of hydrogen-bond acceptors (Lipinski definition) is 6. The highest BCUT2D eigenvalue weighted by Gasteiger charge is 2.18. The third kappa shape index (κ3) is 4.61. The summed E-state index contributed by atoms with van der Waals surface area (Å²) in [5.41, 5.74) is 0.604. The standard InChI is InChI=1S/C17H18N4O3S/c1-4-14-13(9-18)16(23)21-17(20-14)25-10(2)15(22)19-11-5-7-12(24-3)8-6-11/h5-8,10H,4H2,1-3H3,(H,19,22)(H,20,21,23)/t10-/m0/s1. The number of thioether (sulfide) groups is 1. The van der Waals surface area contributed by atoms with Crippen LogP contribution in [-0.4, -0.2) is 28.2 Å². The van der Waals surface area contributed by atoms with Crippen LogP contribution in [0.25, 0.3) is 0 Å². The summed E-state index contributed by atoms with van der Waals surface area (Å²) in [6, 6.07) is 8.84. The van der Waals surface area contributed by atoms with E-state index in [-0.39, 0.29) is 11.5 Å². The van der Waals surface area contributed by atoms with Gasteiger partial charge in [-0.2, -0.15) is 5.26 Å². The largest absolute Gasteiger partial charge is 0.497 e. The van der Waals surface area contributed by atoms with Crippen molar-refractivity contribution < 1.29 is 9.53 Å². The molecule has 130 valence electrons. The Bertz CT molecular complexity index is 856. The molecule has 0 aliphatic heterocycles. The van der Waals surface area contributed by atoms with Crippen molar-refractivity contribution in [2.24, 2.45) is 0 Å². The van der Waals surface area contributed by atoms with Gasteiger partial charge in [0.1, 0.15) is 17.4 Å². The molecule has 0 saturated heterocycles. The smallest absolute Gasteiger partial charge is 0.269 e. The Morgan fingerprint density at radius 3 is 2.68 bits per heavy atom. The molecule has 0 unspecified atom stereocenters. The molecular weight excluding hydrogens is 340 g/mol. The predicted molar refractivity (Wildman–Crippen MR) is 95.9 cm³/mol. The molecule has 0 radical (unpaired) electrons. The average Bonchev–Trinajstić information content (AvgIpc) is 2.61. The molecule has 1 aromatic carbocycles. The van der Waals surface area contributed by atoms with Crippen LogP contribution in [-0.2, 0) is 11.2 Å². The van der Waals surface area contributed by atoms with Crippen LogP contribution < -0.4 is 15.6 Å². The van der Waals surface area contributed by atoms with E-state index in [0.29, 0.717) is 28.7 Å². The highest BCUT2D eigenvalue weighted by atomic mass is 32.2. The Kier molecular flexibility index (Phi) is 6.19. The number of nitrogens with zero attached hydrogens (tertiary/aromatic N) is 2. The minimum Gasteiger partial charge on any atom is -0.497 e. The molecule has 7 nitrogen and oxygen atoms in total. The van der Waals surface area contributed by atoms with Gasteiger partial charge >= 0.3 is 0 Å². The Balaban J connectivity index is 2.09. The normalized spacial score (nSPS) is 11.4. The van der Waals surface area contributed by atoms with Crippen molar-refractivity contribution >= 4 is 23.4 Å². The summed E-state index contributed by atoms with van der Waals surface area (Å²) in [4.78, 5) is 31.0. The number of nitriles is 1. The molecule has 2 rings (SSSR count). The molecule has 1 amide bonds. The fourth-order valence-corrected chi connectivity index (χ4v) is 2.88. The Labute approximate surface area is 149 Å². The van der Waals surface area contributed by atoms with Gasteiger partial charge in [0.25, 0.3) is 5.56 Å². The van der Waals surface area contributed by atoms with Gasteiger partial charge in [-0.1, -0.05) is 18.7 Å². The molecule has 0 aliphatic rings. The van der Waals surface area contributed by atoms with Crippen LogP contribution in [0.5, 0.6) is 5.75 Å². The second kappa shape index (κ2) is 8.35. The number of rotatable bonds is 6. The number of aryl methyl sites for hydroxylation is 1. The lowest BCUT2D eigenvalue weighted by atomic mass is 10.2. The molecule has 0 fully saturated rings. The first-order valence-corrected chi connectivity index (χ1v) is 8.51. The fraction of sp³-hybridized carbons (Fsp3) is 0.294. The van der Waals surface area contributed by atoms with E-state index in [1.54, 1.807) is 38.3 Å². The number of anilines is 1. The first kappa shape index (κ1) is 18.5. The lowest BCUT2D eigenvalue weighted by Gasteiger charge is -2.12. The number of methoxy groups -OCH3 is 1. The average molecular weight is 358 g/mol. The van der Waals surface area contributed by atoms with Crippen molar-refractivity contribution in [2.45, 2.75) is 30.7 Å². The Morgan fingerprint density at radius 1 is 1.44 bits per heavy atom. The van der Waals surface area contributed by atoms with Crippen molar-refractivity contribution in [2.75, 3.05) is 12.4 Å². The van der Waals surface area contributed by atoms with Gasteiger partial charge in [0.15, 0.2) is 5.16 Å². The highest BCUT2D eigenvalue weighted by molar-refractivity contribution is 8.00. The SMILES string of the molecule is CCc1nc(S[C@@H](C)C(=O)Nc2ccc(OC)cc2)[nH]c(=O)c1C#N. The maximum Gasteiger partial charge on any atom is 0.269 e. The molecule has 0 spiro atoms. The van der Waals surface area contributed by atoms with E-state index in [4.69, 9.17) is 10.00 Å². The molecule has 1 atom stereocenters. The minimum atomic E-state index is -0.486. The quantitative estimate of drug-likeness (QED) is 0.606. The lowest BCUT2D eigenvalue weighted by molar-refractivity contribution is -0.115. The molecule has 0 aliphatic carbocycles. The summed E-state index contributed by atoms with van der Waals surface area (Å²) >= 11 is 1.13. The highest BCUT2D eigenvalue weighted by Crippen LogP contribution is 2.21. The summed E-state index contributed by atoms with van der Waals surface area (Å²) in [6.45, 7) is 3.53. The van der Waals surface area contributed by atoms with Crippen LogP contribution in [0, 0.1) is 11.3 Å². The van der Waals surface area contributed by atoms with Crippen molar-refractivity contribution in [3.63, 3.8) is 0 Å². The summed E-state index contributed by atoms with van der Waals surface area (Å²) in [5, 5.41) is 11.6. The molecule has 1 heterocycles. The first-order chi connectivity index (χ1) is 12.0. The van der Waals surface area contributed by atoms with Gasteiger partial charge < -0.3 is 15.0 Å². The number of carbonyl (C=O) groups is 1. The van der Waals surface area contributed by atoms with Crippen molar-refractivity contribution in [3.8, 4) is 11.8 Å². The third-order valence-corrected chi connectivity index (χ3v) is 4.42. The molecular formula is C17H18N4O3S. The van der Waals surface area contributed by atoms with Crippen LogP contribution in [0.15, 0.2) is 34.2 Å². The van der Waals surface area contributed by atoms with Gasteiger partial charge in [-0.25, -0.2) is 4.98 Å². The van der Waals surface area contributed by atoms with E-state index in [0.717, 1.165) is 11.8 Å². The minimum absolute atomic E-state index is 0.0159. The molecule has 1 aromatic heterocycles. The number of ether oxygens (including phenoxy) is 1. The second-order valence-electron chi connectivity index (χ2n) is 5.14. The molecule has 25 heavy (non-hydrogen) atoms. The van der Waals surface area contributed by atoms with E-state index >= 15 is 0 Å². The zero-order chi connectivity index (χ0) is 18.4. The van der Waals surface area contributed by atoms with Gasteiger partial charge in [-0.15, -0.1) is 0 Å². The number of aromatic nitrogens is 2. The predicted octanol–water partition coefficient (Wildman–Crippen LogP) is 2.33. The van der Waals surface area contributed by atoms with Gasteiger partial charge in [0, 0.05) is 5.69 Å². The first-order valence-electron chi connectivity index (χ1n) is 7.63. The molecule has 0 saturated carbocycles. The number of H-pyrrole nitrogens is 1. The zero-order valence-electron chi connectivity index (χ0n) is 14.1. The number of carbonyl (C=O) groups excluding carboxylic acids is 1. The van der Waals surface area contributed by atoms with Crippen molar-refractivity contribution in [1.29, 1.82) is 5.26 Å². The molecule has 0 bridgehead atoms. The fourth-order valence-electron chi connectivity index (χ4n) is 2.06. The molecule has 2 N–H and O–H groups in total. The van der Waals surface area contributed by atoms with Crippen molar-refractivity contribution in [1.82, 2.24) is 9.97 Å². The van der Waals surface area contributed by atoms with Gasteiger partial charge in [-0.05, 0) is 37.6 Å². The molecule has 2 aromatic rings. The maximum absolute atomic E-state index is 12.3. The van der Waals surface area contributed by atoms with Gasteiger partial charge in [0.05, 0.1) is 18.1 Å². The Morgan fingerprint density at radius 2 is 2.12 bits per heavy atom. The van der Waals surface area contributed by atoms with E-state index < -0.39 is 10.8 Å². The third-order valence-electron chi connectivity index (χ3n) is 3.43. The summed E-state index contributed by atoms with van der Waals surface area (Å²) in [7, 11) is 1.57. The monoisotopic (exact) mass is 358 g/mol. The van der Waals surface area contributed by atoms with Crippen LogP contribution in [0.2, 0.25) is 0 Å². The number of aromatic amines is 1. The van der Waals surface area contributed by atoms with Crippen LogP contribution in [0.3, 0.4) is 0 Å². The number of nitrogens with one attached hydrogen (secondary N) is 2. The zero-order valence-corrected chi connectivity index (χ0v) is 14.9. The van der Waals surface area contributed by atoms with Crippen LogP contribution in [0.1, 0.15) is 25.1 Å². The van der Waals surface area contributed by atoms with Gasteiger partial charge in [-0.3, -0.25) is 9.59 Å². The second-order valence-corrected chi connectivity index (χ2v) is 6.47. The topological polar surface area (TPSA) is 108 Å². The summed E-state index contributed by atoms with van der Waals surface area (Å²) < 4.78 is 5.07. The number of hydrogen-bond donors (Lipinski definition) is 2. The van der Waals surface area contributed by atoms with E-state index in [9.17, 15) is 9.59 Å². The van der Waals surface area contributed by atoms with E-state index in [2.05, 4.69) is 15.3 Å². The maximum atomic E-state index is 12.3. The Hall–Kier alpha value is -2.79. The van der Waals surface area contributed by atoms with Crippen LogP contribution in [0.4, 0.5) is 5.69 Å².